The highest BCUT2D eigenvalue weighted by molar-refractivity contribution is 7.47. The van der Waals surface area contributed by atoms with Gasteiger partial charge in [-0.2, -0.15) is 0 Å². The summed E-state index contributed by atoms with van der Waals surface area (Å²) < 4.78 is 79.8. The Morgan fingerprint density at radius 1 is 0.514 bits per heavy atom. The van der Waals surface area contributed by atoms with Crippen LogP contribution in [-0.4, -0.2) is 289 Å². The Labute approximate surface area is 411 Å². The number of nitrogens with two attached hydrogens (primary N) is 2. The quantitative estimate of drug-likeness (QED) is 0.0298. The zero-order chi connectivity index (χ0) is 53.2. The predicted molar refractivity (Wildman–Crippen MR) is 228 cm³/mol. The minimum absolute atomic E-state index is 0.0265. The SMILES string of the molecule is CC(=O)N[C@H]1[C@@H](O[C@@H]2[C@@H](O)[C@H](O)[C@@H](OCCCCCN)O[C@@H]2CO[C@@H]2O[C@@H](CO)[C@H](O)[C@@H](O)[C@H]2O[C@@H]2O[C@H](COP(=O)(O)OCCN)[C@@H](O)[C@H](O)[C@@H]2O)O[C@H](CO)[C@H](O[C@H]2O[C@H](O)[C@@H](O)[C@H](O)[C@H]2CO)[C@@H]1O. The van der Waals surface area contributed by atoms with E-state index >= 15 is 0 Å². The zero-order valence-electron chi connectivity index (χ0n) is 38.9. The van der Waals surface area contributed by atoms with Gasteiger partial charge < -0.3 is 141 Å². The summed E-state index contributed by atoms with van der Waals surface area (Å²) in [7, 11) is -4.78. The minimum Gasteiger partial charge on any atom is -0.396 e. The van der Waals surface area contributed by atoms with Crippen LogP contribution in [0.2, 0.25) is 0 Å². The van der Waals surface area contributed by atoms with Gasteiger partial charge in [0.2, 0.25) is 5.91 Å². The van der Waals surface area contributed by atoms with Gasteiger partial charge in [-0.05, 0) is 25.8 Å². The molecule has 72 heavy (non-hydrogen) atoms. The largest absolute Gasteiger partial charge is 0.472 e. The highest BCUT2D eigenvalue weighted by atomic mass is 31.2. The van der Waals surface area contributed by atoms with Gasteiger partial charge in [0, 0.05) is 20.1 Å². The summed E-state index contributed by atoms with van der Waals surface area (Å²) in [6.07, 6.45) is -41.4. The Hall–Kier alpha value is -1.46. The average molecular weight is 1080 g/mol. The number of hydrogen-bond donors (Lipinski definition) is 18. The second-order valence-electron chi connectivity index (χ2n) is 17.7. The molecule has 0 bridgehead atoms. The summed E-state index contributed by atoms with van der Waals surface area (Å²) in [5.41, 5.74) is 10.9. The molecular formula is C39H72N3O29P. The van der Waals surface area contributed by atoms with Gasteiger partial charge in [-0.1, -0.05) is 0 Å². The van der Waals surface area contributed by atoms with Gasteiger partial charge >= 0.3 is 7.82 Å². The molecule has 0 aromatic heterocycles. The lowest BCUT2D eigenvalue weighted by Gasteiger charge is -2.49. The van der Waals surface area contributed by atoms with Crippen molar-refractivity contribution < 1.29 is 142 Å². The van der Waals surface area contributed by atoms with Crippen molar-refractivity contribution in [2.45, 2.75) is 174 Å². The van der Waals surface area contributed by atoms with Crippen molar-refractivity contribution in [3.8, 4) is 0 Å². The minimum atomic E-state index is -4.78. The molecule has 0 aliphatic carbocycles. The lowest BCUT2D eigenvalue weighted by molar-refractivity contribution is -0.384. The predicted octanol–water partition coefficient (Wildman–Crippen LogP) is -10.3. The first-order chi connectivity index (χ1) is 34.1. The number of hydrogen-bond acceptors (Lipinski definition) is 30. The molecule has 26 atom stereocenters. The fourth-order valence-corrected chi connectivity index (χ4v) is 9.21. The molecule has 422 valence electrons. The summed E-state index contributed by atoms with van der Waals surface area (Å²) in [6.45, 7) is -3.70. The first kappa shape index (κ1) is 61.4. The first-order valence-corrected chi connectivity index (χ1v) is 24.7. The Morgan fingerprint density at radius 2 is 1.10 bits per heavy atom. The molecule has 0 aromatic carbocycles. The van der Waals surface area contributed by atoms with Crippen LogP contribution in [0.25, 0.3) is 0 Å². The van der Waals surface area contributed by atoms with Crippen molar-refractivity contribution >= 4 is 13.7 Å². The Balaban J connectivity index is 1.41. The summed E-state index contributed by atoms with van der Waals surface area (Å²) >= 11 is 0. The number of phosphoric acid groups is 1. The van der Waals surface area contributed by atoms with E-state index in [4.69, 9.17) is 63.4 Å². The topological polar surface area (TPSA) is 512 Å². The van der Waals surface area contributed by atoms with E-state index in [1.54, 1.807) is 0 Å². The lowest BCUT2D eigenvalue weighted by atomic mass is 9.93. The molecule has 20 N–H and O–H groups in total. The number of ether oxygens (including phenoxy) is 10. The number of carbonyl (C=O) groups is 1. The number of amides is 1. The molecular weight excluding hydrogens is 1010 g/mol. The van der Waals surface area contributed by atoms with Gasteiger partial charge in [-0.15, -0.1) is 0 Å². The van der Waals surface area contributed by atoms with Gasteiger partial charge in [0.05, 0.1) is 51.7 Å². The number of aliphatic hydroxyl groups excluding tert-OH is 14. The normalized spacial score (nSPS) is 44.8. The molecule has 1 unspecified atom stereocenters. The molecule has 0 saturated carbocycles. The third-order valence-corrected chi connectivity index (χ3v) is 13.5. The first-order valence-electron chi connectivity index (χ1n) is 23.2. The van der Waals surface area contributed by atoms with Crippen molar-refractivity contribution in [1.29, 1.82) is 0 Å². The van der Waals surface area contributed by atoms with Crippen LogP contribution < -0.4 is 16.8 Å². The maximum Gasteiger partial charge on any atom is 0.472 e. The van der Waals surface area contributed by atoms with Crippen LogP contribution in [0.1, 0.15) is 26.2 Å². The average Bonchev–Trinajstić information content (AvgIpc) is 3.34. The van der Waals surface area contributed by atoms with Crippen LogP contribution in [0, 0.1) is 5.92 Å². The van der Waals surface area contributed by atoms with Gasteiger partial charge in [0.15, 0.2) is 37.7 Å². The molecule has 0 aromatic rings. The number of aliphatic hydroxyl groups is 14. The zero-order valence-corrected chi connectivity index (χ0v) is 39.8. The van der Waals surface area contributed by atoms with E-state index in [-0.39, 0.29) is 13.2 Å². The highest BCUT2D eigenvalue weighted by Crippen LogP contribution is 2.44. The van der Waals surface area contributed by atoms with E-state index in [9.17, 15) is 85.7 Å². The Bertz CT molecular complexity index is 1670. The van der Waals surface area contributed by atoms with Gasteiger partial charge in [-0.3, -0.25) is 13.8 Å². The standard InChI is InChI=1S/C39H72N3O29P/c1-14(46)42-20-24(50)31(68-35-15(9-43)21(47)28(54)34(57)71-35)17(11-45)65-36(20)69-32-19(67-37(30(56)27(32)53)60-7-4-2-3-5-40)12-61-39-33(26(52)22(48)16(10-44)64-39)70-38-29(55)25(51)23(49)18(66-38)13-63-72(58,59)62-8-6-41/h15-39,43-45,47-57H,2-13,40-41H2,1H3,(H,42,46)(H,58,59)/t15-,16+,17-,18-,19-,20-,21-,22+,23-,24-,25+,26-,27+,28+,29+,30+,31+,32+,33-,34+,35+,36-,37+,38+,39-/m1/s1. The molecule has 5 saturated heterocycles. The Morgan fingerprint density at radius 3 is 1.74 bits per heavy atom. The molecule has 1 amide bonds. The molecule has 5 aliphatic rings. The van der Waals surface area contributed by atoms with Crippen LogP contribution in [0.4, 0.5) is 0 Å². The lowest BCUT2D eigenvalue weighted by Crippen LogP contribution is -2.69. The van der Waals surface area contributed by atoms with E-state index in [1.165, 1.54) is 0 Å². The smallest absolute Gasteiger partial charge is 0.396 e. The number of rotatable bonds is 25. The number of carbonyl (C=O) groups excluding carboxylic acids is 1. The Kier molecular flexibility index (Phi) is 24.1. The van der Waals surface area contributed by atoms with E-state index < -0.39 is 207 Å². The molecule has 33 heteroatoms. The third-order valence-electron chi connectivity index (χ3n) is 12.5. The summed E-state index contributed by atoms with van der Waals surface area (Å²) in [5, 5.41) is 153. The van der Waals surface area contributed by atoms with Crippen LogP contribution in [0.15, 0.2) is 0 Å². The van der Waals surface area contributed by atoms with Crippen molar-refractivity contribution in [2.75, 3.05) is 59.3 Å². The second kappa shape index (κ2) is 28.2. The highest BCUT2D eigenvalue weighted by Gasteiger charge is 2.56. The third kappa shape index (κ3) is 15.2. The monoisotopic (exact) mass is 1080 g/mol. The molecule has 0 spiro atoms. The van der Waals surface area contributed by atoms with Gasteiger partial charge in [-0.25, -0.2) is 4.57 Å². The maximum atomic E-state index is 12.6. The van der Waals surface area contributed by atoms with E-state index in [0.717, 1.165) is 6.92 Å². The fourth-order valence-electron chi connectivity index (χ4n) is 8.47. The van der Waals surface area contributed by atoms with Crippen molar-refractivity contribution in [2.24, 2.45) is 17.4 Å². The second-order valence-corrected chi connectivity index (χ2v) is 19.1. The number of unbranched alkanes of at least 4 members (excludes halogenated alkanes) is 2. The molecule has 0 radical (unpaired) electrons. The van der Waals surface area contributed by atoms with Crippen molar-refractivity contribution in [3.63, 3.8) is 0 Å². The van der Waals surface area contributed by atoms with Gasteiger partial charge in [0.25, 0.3) is 0 Å². The fraction of sp³-hybridized carbons (Fsp3) is 0.974. The van der Waals surface area contributed by atoms with E-state index in [1.807, 2.05) is 0 Å². The molecule has 5 rings (SSSR count). The van der Waals surface area contributed by atoms with E-state index in [2.05, 4.69) is 9.84 Å². The molecule has 5 fully saturated rings. The summed E-state index contributed by atoms with van der Waals surface area (Å²) in [6, 6.07) is -1.69. The summed E-state index contributed by atoms with van der Waals surface area (Å²) in [5.74, 6) is -2.22. The van der Waals surface area contributed by atoms with Gasteiger partial charge in [0.1, 0.15) is 104 Å². The van der Waals surface area contributed by atoms with Crippen LogP contribution in [0.3, 0.4) is 0 Å². The van der Waals surface area contributed by atoms with Crippen LogP contribution >= 0.6 is 7.82 Å². The molecule has 32 nitrogen and oxygen atoms in total. The molecule has 5 aliphatic heterocycles. The van der Waals surface area contributed by atoms with Crippen LogP contribution in [-0.2, 0) is 65.8 Å². The van der Waals surface area contributed by atoms with Crippen molar-refractivity contribution in [1.82, 2.24) is 5.32 Å². The number of nitrogens with one attached hydrogen (secondary N) is 1. The number of phosphoric ester groups is 1. The maximum absolute atomic E-state index is 12.6. The van der Waals surface area contributed by atoms with Crippen molar-refractivity contribution in [3.05, 3.63) is 0 Å². The molecule has 5 heterocycles. The summed E-state index contributed by atoms with van der Waals surface area (Å²) in [4.78, 5) is 22.5. The van der Waals surface area contributed by atoms with Crippen LogP contribution in [0.5, 0.6) is 0 Å². The van der Waals surface area contributed by atoms with E-state index in [0.29, 0.717) is 25.8 Å².